The first-order valence-electron chi connectivity index (χ1n) is 3.59. The molecule has 0 radical (unpaired) electrons. The SMILES string of the molecule is Cn1nnc(Br)c1C1(F)CNC1. The normalized spacial score (nSPS) is 20.6. The van der Waals surface area contributed by atoms with Crippen molar-refractivity contribution >= 4 is 15.9 Å². The fourth-order valence-corrected chi connectivity index (χ4v) is 2.00. The van der Waals surface area contributed by atoms with Gasteiger partial charge in [-0.2, -0.15) is 0 Å². The first-order valence-corrected chi connectivity index (χ1v) is 4.38. The second kappa shape index (κ2) is 2.50. The molecule has 1 saturated heterocycles. The van der Waals surface area contributed by atoms with Gasteiger partial charge in [-0.1, -0.05) is 5.21 Å². The lowest BCUT2D eigenvalue weighted by atomic mass is 9.96. The molecule has 0 spiro atoms. The number of halogens is 2. The highest BCUT2D eigenvalue weighted by atomic mass is 79.9. The van der Waals surface area contributed by atoms with Crippen LogP contribution in [0.15, 0.2) is 4.60 Å². The largest absolute Gasteiger partial charge is 0.309 e. The van der Waals surface area contributed by atoms with Gasteiger partial charge in [-0.25, -0.2) is 9.07 Å². The molecule has 1 aromatic heterocycles. The highest BCUT2D eigenvalue weighted by molar-refractivity contribution is 9.10. The molecular weight excluding hydrogens is 227 g/mol. The summed E-state index contributed by atoms with van der Waals surface area (Å²) in [7, 11) is 1.69. The first kappa shape index (κ1) is 8.12. The second-order valence-corrected chi connectivity index (χ2v) is 3.67. The third kappa shape index (κ3) is 0.980. The third-order valence-electron chi connectivity index (χ3n) is 2.02. The first-order chi connectivity index (χ1) is 5.63. The average Bonchev–Trinajstić information content (AvgIpc) is 2.27. The maximum atomic E-state index is 13.8. The van der Waals surface area contributed by atoms with Crippen LogP contribution >= 0.6 is 15.9 Å². The van der Waals surface area contributed by atoms with Crippen LogP contribution in [0.1, 0.15) is 5.69 Å². The van der Waals surface area contributed by atoms with E-state index < -0.39 is 5.67 Å². The number of hydrogen-bond donors (Lipinski definition) is 1. The Bertz CT molecular complexity index is 287. The van der Waals surface area contributed by atoms with Crippen molar-refractivity contribution in [2.45, 2.75) is 5.67 Å². The Morgan fingerprint density at radius 3 is 2.67 bits per heavy atom. The van der Waals surface area contributed by atoms with Gasteiger partial charge in [0, 0.05) is 20.1 Å². The van der Waals surface area contributed by atoms with E-state index in [-0.39, 0.29) is 0 Å². The Balaban J connectivity index is 2.44. The highest BCUT2D eigenvalue weighted by Crippen LogP contribution is 2.33. The quantitative estimate of drug-likeness (QED) is 0.763. The van der Waals surface area contributed by atoms with Gasteiger partial charge in [-0.05, 0) is 15.9 Å². The van der Waals surface area contributed by atoms with Crippen LogP contribution in [0.4, 0.5) is 4.39 Å². The molecule has 4 nitrogen and oxygen atoms in total. The number of nitrogens with zero attached hydrogens (tertiary/aromatic N) is 3. The zero-order chi connectivity index (χ0) is 8.77. The predicted molar refractivity (Wildman–Crippen MR) is 44.4 cm³/mol. The summed E-state index contributed by atoms with van der Waals surface area (Å²) in [6.45, 7) is 0.680. The summed E-state index contributed by atoms with van der Waals surface area (Å²) in [6.07, 6.45) is 0. The molecule has 2 heterocycles. The van der Waals surface area contributed by atoms with E-state index in [0.29, 0.717) is 23.4 Å². The fourth-order valence-electron chi connectivity index (χ4n) is 1.32. The van der Waals surface area contributed by atoms with Gasteiger partial charge in [-0.3, -0.25) is 0 Å². The van der Waals surface area contributed by atoms with Gasteiger partial charge < -0.3 is 5.32 Å². The average molecular weight is 235 g/mol. The summed E-state index contributed by atoms with van der Waals surface area (Å²) in [5.74, 6) is 0. The molecular formula is C6H8BrFN4. The van der Waals surface area contributed by atoms with E-state index in [0.717, 1.165) is 0 Å². The van der Waals surface area contributed by atoms with Crippen molar-refractivity contribution in [2.24, 2.45) is 7.05 Å². The summed E-state index contributed by atoms with van der Waals surface area (Å²) >= 11 is 3.17. The smallest absolute Gasteiger partial charge is 0.179 e. The van der Waals surface area contributed by atoms with Gasteiger partial charge in [0.25, 0.3) is 0 Å². The van der Waals surface area contributed by atoms with Crippen LogP contribution in [-0.2, 0) is 12.7 Å². The molecule has 6 heteroatoms. The molecule has 0 atom stereocenters. The second-order valence-electron chi connectivity index (χ2n) is 2.92. The maximum absolute atomic E-state index is 13.8. The van der Waals surface area contributed by atoms with Gasteiger partial charge in [-0.15, -0.1) is 5.10 Å². The van der Waals surface area contributed by atoms with Gasteiger partial charge in [0.15, 0.2) is 10.3 Å². The predicted octanol–water partition coefficient (Wildman–Crippen LogP) is 0.346. The van der Waals surface area contributed by atoms with E-state index in [1.54, 1.807) is 7.05 Å². The van der Waals surface area contributed by atoms with Gasteiger partial charge in [0.2, 0.25) is 0 Å². The Hall–Kier alpha value is -0.490. The van der Waals surface area contributed by atoms with Crippen LogP contribution in [0.2, 0.25) is 0 Å². The van der Waals surface area contributed by atoms with Crippen LogP contribution in [0.25, 0.3) is 0 Å². The zero-order valence-electron chi connectivity index (χ0n) is 6.51. The van der Waals surface area contributed by atoms with Crippen molar-refractivity contribution in [2.75, 3.05) is 13.1 Å². The van der Waals surface area contributed by atoms with Gasteiger partial charge >= 0.3 is 0 Å². The molecule has 1 fully saturated rings. The van der Waals surface area contributed by atoms with Crippen LogP contribution in [0.5, 0.6) is 0 Å². The Morgan fingerprint density at radius 1 is 1.67 bits per heavy atom. The summed E-state index contributed by atoms with van der Waals surface area (Å²) in [6, 6.07) is 0. The zero-order valence-corrected chi connectivity index (χ0v) is 8.10. The van der Waals surface area contributed by atoms with Crippen molar-refractivity contribution < 1.29 is 4.39 Å². The topological polar surface area (TPSA) is 42.7 Å². The number of nitrogens with one attached hydrogen (secondary N) is 1. The third-order valence-corrected chi connectivity index (χ3v) is 2.55. The summed E-state index contributed by atoms with van der Waals surface area (Å²) in [4.78, 5) is 0. The molecule has 0 aromatic carbocycles. The minimum absolute atomic E-state index is 0.340. The van der Waals surface area contributed by atoms with Gasteiger partial charge in [0.05, 0.1) is 0 Å². The summed E-state index contributed by atoms with van der Waals surface area (Å²) in [5, 5.41) is 10.3. The molecule has 0 unspecified atom stereocenters. The number of hydrogen-bond acceptors (Lipinski definition) is 3. The molecule has 1 aliphatic rings. The maximum Gasteiger partial charge on any atom is 0.179 e. The van der Waals surface area contributed by atoms with E-state index in [9.17, 15) is 4.39 Å². The number of alkyl halides is 1. The molecule has 2 rings (SSSR count). The molecule has 0 saturated carbocycles. The number of aryl methyl sites for hydroxylation is 1. The molecule has 1 aliphatic heterocycles. The van der Waals surface area contributed by atoms with Crippen LogP contribution in [-0.4, -0.2) is 28.1 Å². The van der Waals surface area contributed by atoms with E-state index in [1.165, 1.54) is 4.68 Å². The monoisotopic (exact) mass is 234 g/mol. The minimum Gasteiger partial charge on any atom is -0.309 e. The van der Waals surface area contributed by atoms with Crippen molar-refractivity contribution in [3.8, 4) is 0 Å². The molecule has 0 bridgehead atoms. The molecule has 1 N–H and O–H groups in total. The summed E-state index contributed by atoms with van der Waals surface area (Å²) in [5.41, 5.74) is -0.780. The van der Waals surface area contributed by atoms with E-state index in [1.807, 2.05) is 0 Å². The minimum atomic E-state index is -1.29. The molecule has 66 valence electrons. The van der Waals surface area contributed by atoms with E-state index in [4.69, 9.17) is 0 Å². The van der Waals surface area contributed by atoms with E-state index in [2.05, 4.69) is 31.6 Å². The highest BCUT2D eigenvalue weighted by Gasteiger charge is 2.43. The van der Waals surface area contributed by atoms with Crippen LogP contribution < -0.4 is 5.32 Å². The number of aromatic nitrogens is 3. The lowest BCUT2D eigenvalue weighted by molar-refractivity contribution is 0.0785. The molecule has 0 aliphatic carbocycles. The van der Waals surface area contributed by atoms with Crippen molar-refractivity contribution in [3.05, 3.63) is 10.3 Å². The molecule has 12 heavy (non-hydrogen) atoms. The Labute approximate surface area is 77.3 Å². The van der Waals surface area contributed by atoms with Crippen molar-refractivity contribution in [1.82, 2.24) is 20.3 Å². The van der Waals surface area contributed by atoms with Crippen LogP contribution in [0.3, 0.4) is 0 Å². The summed E-state index contributed by atoms with van der Waals surface area (Å²) < 4.78 is 15.8. The van der Waals surface area contributed by atoms with Crippen molar-refractivity contribution in [3.63, 3.8) is 0 Å². The standard InChI is InChI=1S/C6H8BrFN4/c1-12-4(5(7)10-11-12)6(8)2-9-3-6/h9H,2-3H2,1H3. The molecule has 0 amide bonds. The van der Waals surface area contributed by atoms with E-state index >= 15 is 0 Å². The van der Waals surface area contributed by atoms with Crippen molar-refractivity contribution in [1.29, 1.82) is 0 Å². The Morgan fingerprint density at radius 2 is 2.33 bits per heavy atom. The van der Waals surface area contributed by atoms with Crippen LogP contribution in [0, 0.1) is 0 Å². The Kier molecular flexibility index (Phi) is 1.69. The number of rotatable bonds is 1. The lowest BCUT2D eigenvalue weighted by Crippen LogP contribution is -2.54. The lowest BCUT2D eigenvalue weighted by Gasteiger charge is -2.34. The van der Waals surface area contributed by atoms with Gasteiger partial charge in [0.1, 0.15) is 5.69 Å². The molecule has 1 aromatic rings. The fraction of sp³-hybridized carbons (Fsp3) is 0.667.